The summed E-state index contributed by atoms with van der Waals surface area (Å²) < 4.78 is 13.9. The van der Waals surface area contributed by atoms with Crippen molar-refractivity contribution in [2.24, 2.45) is 0 Å². The van der Waals surface area contributed by atoms with Crippen molar-refractivity contribution in [2.75, 3.05) is 6.61 Å². The molecule has 2 fully saturated rings. The first-order valence-corrected chi connectivity index (χ1v) is 3.97. The Morgan fingerprint density at radius 1 is 1.29 bits per heavy atom. The molecule has 2 aliphatic heterocycles. The molecule has 4 unspecified atom stereocenters. The standard InChI is InChI=1S/C7H8O7/c8-3-4(9)6(10)14-5(3)2-1-12-7(11)13-2/h2,4-5,7,9,11H,1H2. The molecule has 0 saturated carbocycles. The van der Waals surface area contributed by atoms with Crippen LogP contribution in [0.25, 0.3) is 0 Å². The molecule has 14 heavy (non-hydrogen) atoms. The van der Waals surface area contributed by atoms with Crippen LogP contribution in [0.15, 0.2) is 0 Å². The van der Waals surface area contributed by atoms with Gasteiger partial charge in [-0.25, -0.2) is 4.79 Å². The van der Waals surface area contributed by atoms with Crippen molar-refractivity contribution >= 4 is 11.8 Å². The highest BCUT2D eigenvalue weighted by Crippen LogP contribution is 2.21. The normalized spacial score (nSPS) is 43.0. The van der Waals surface area contributed by atoms with Crippen molar-refractivity contribution in [3.05, 3.63) is 0 Å². The van der Waals surface area contributed by atoms with Gasteiger partial charge in [-0.15, -0.1) is 0 Å². The summed E-state index contributed by atoms with van der Waals surface area (Å²) in [5.74, 6) is -1.76. The van der Waals surface area contributed by atoms with Crippen LogP contribution in [0.5, 0.6) is 0 Å². The second-order valence-corrected chi connectivity index (χ2v) is 2.98. The van der Waals surface area contributed by atoms with E-state index in [-0.39, 0.29) is 6.61 Å². The second-order valence-electron chi connectivity index (χ2n) is 2.98. The smallest absolute Gasteiger partial charge is 0.343 e. The first-order valence-electron chi connectivity index (χ1n) is 3.97. The lowest BCUT2D eigenvalue weighted by Crippen LogP contribution is -2.36. The number of carbonyl (C=O) groups is 2. The van der Waals surface area contributed by atoms with Crippen molar-refractivity contribution in [1.29, 1.82) is 0 Å². The molecule has 0 aromatic carbocycles. The number of ketones is 1. The summed E-state index contributed by atoms with van der Waals surface area (Å²) in [5.41, 5.74) is 0. The average Bonchev–Trinajstić information content (AvgIpc) is 2.66. The van der Waals surface area contributed by atoms with Gasteiger partial charge in [0, 0.05) is 0 Å². The van der Waals surface area contributed by atoms with E-state index in [2.05, 4.69) is 9.47 Å². The van der Waals surface area contributed by atoms with Crippen LogP contribution in [0.4, 0.5) is 0 Å². The Labute approximate surface area is 78.2 Å². The summed E-state index contributed by atoms with van der Waals surface area (Å²) in [5, 5.41) is 17.8. The molecule has 4 atom stereocenters. The summed E-state index contributed by atoms with van der Waals surface area (Å²) in [6, 6.07) is 0. The number of Topliss-reactive ketones (excluding diaryl/α,β-unsaturated/α-hetero) is 1. The van der Waals surface area contributed by atoms with E-state index in [9.17, 15) is 9.59 Å². The highest BCUT2D eigenvalue weighted by Gasteiger charge is 2.49. The van der Waals surface area contributed by atoms with Crippen LogP contribution in [-0.2, 0) is 23.8 Å². The van der Waals surface area contributed by atoms with Gasteiger partial charge in [0.1, 0.15) is 6.10 Å². The van der Waals surface area contributed by atoms with Crippen LogP contribution < -0.4 is 0 Å². The van der Waals surface area contributed by atoms with E-state index < -0.39 is 36.5 Å². The number of aliphatic hydroxyl groups is 2. The zero-order valence-corrected chi connectivity index (χ0v) is 6.95. The van der Waals surface area contributed by atoms with E-state index in [0.717, 1.165) is 0 Å². The molecular weight excluding hydrogens is 196 g/mol. The zero-order valence-electron chi connectivity index (χ0n) is 6.95. The maximum absolute atomic E-state index is 11.2. The lowest BCUT2D eigenvalue weighted by atomic mass is 10.1. The van der Waals surface area contributed by atoms with E-state index in [1.807, 2.05) is 0 Å². The number of esters is 1. The average molecular weight is 204 g/mol. The van der Waals surface area contributed by atoms with Gasteiger partial charge in [0.15, 0.2) is 6.10 Å². The minimum absolute atomic E-state index is 0.0580. The van der Waals surface area contributed by atoms with Gasteiger partial charge in [0.05, 0.1) is 6.61 Å². The van der Waals surface area contributed by atoms with Gasteiger partial charge >= 0.3 is 5.97 Å². The molecule has 2 heterocycles. The van der Waals surface area contributed by atoms with Crippen molar-refractivity contribution < 1.29 is 34.0 Å². The Bertz CT molecular complexity index is 275. The van der Waals surface area contributed by atoms with Crippen LogP contribution in [0.3, 0.4) is 0 Å². The third kappa shape index (κ3) is 1.40. The van der Waals surface area contributed by atoms with Crippen molar-refractivity contribution in [3.8, 4) is 0 Å². The molecule has 0 spiro atoms. The van der Waals surface area contributed by atoms with Crippen LogP contribution in [0.2, 0.25) is 0 Å². The predicted octanol–water partition coefficient (Wildman–Crippen LogP) is -2.47. The maximum atomic E-state index is 11.2. The van der Waals surface area contributed by atoms with Gasteiger partial charge in [-0.2, -0.15) is 0 Å². The van der Waals surface area contributed by atoms with E-state index in [4.69, 9.17) is 14.9 Å². The molecular formula is C7H8O7. The number of carbonyl (C=O) groups excluding carboxylic acids is 2. The van der Waals surface area contributed by atoms with Gasteiger partial charge in [0.25, 0.3) is 6.48 Å². The Morgan fingerprint density at radius 3 is 2.43 bits per heavy atom. The lowest BCUT2D eigenvalue weighted by molar-refractivity contribution is -0.211. The zero-order chi connectivity index (χ0) is 10.3. The van der Waals surface area contributed by atoms with E-state index in [1.165, 1.54) is 0 Å². The Morgan fingerprint density at radius 2 is 2.00 bits per heavy atom. The lowest BCUT2D eigenvalue weighted by Gasteiger charge is -2.12. The van der Waals surface area contributed by atoms with Gasteiger partial charge < -0.3 is 24.4 Å². The van der Waals surface area contributed by atoms with Crippen molar-refractivity contribution in [1.82, 2.24) is 0 Å². The highest BCUT2D eigenvalue weighted by molar-refractivity contribution is 6.09. The molecule has 7 nitrogen and oxygen atoms in total. The molecule has 0 amide bonds. The molecule has 0 aliphatic carbocycles. The molecule has 0 radical (unpaired) electrons. The number of hydrogen-bond donors (Lipinski definition) is 2. The van der Waals surface area contributed by atoms with Crippen LogP contribution in [0.1, 0.15) is 0 Å². The Balaban J connectivity index is 2.06. The van der Waals surface area contributed by atoms with Gasteiger partial charge in [-0.1, -0.05) is 0 Å². The predicted molar refractivity (Wildman–Crippen MR) is 37.7 cm³/mol. The summed E-state index contributed by atoms with van der Waals surface area (Å²) in [6.07, 6.45) is -3.78. The molecule has 0 aromatic rings. The molecule has 0 aromatic heterocycles. The SMILES string of the molecule is O=C1OC(C2COC(O)O2)C(=O)C1O. The van der Waals surface area contributed by atoms with Gasteiger partial charge in [0.2, 0.25) is 11.9 Å². The Kier molecular flexibility index (Phi) is 2.23. The third-order valence-electron chi connectivity index (χ3n) is 2.05. The van der Waals surface area contributed by atoms with Gasteiger partial charge in [-0.05, 0) is 0 Å². The van der Waals surface area contributed by atoms with Crippen LogP contribution >= 0.6 is 0 Å². The quantitative estimate of drug-likeness (QED) is 0.360. The first-order chi connectivity index (χ1) is 6.59. The third-order valence-corrected chi connectivity index (χ3v) is 2.05. The minimum Gasteiger partial charge on any atom is -0.449 e. The van der Waals surface area contributed by atoms with E-state index in [0.29, 0.717) is 0 Å². The minimum atomic E-state index is -1.75. The molecule has 0 bridgehead atoms. The molecule has 78 valence electrons. The molecule has 2 rings (SSSR count). The fourth-order valence-corrected chi connectivity index (χ4v) is 1.34. The monoisotopic (exact) mass is 204 g/mol. The fourth-order valence-electron chi connectivity index (χ4n) is 1.34. The largest absolute Gasteiger partial charge is 0.449 e. The number of cyclic esters (lactones) is 1. The van der Waals surface area contributed by atoms with Crippen LogP contribution in [0, 0.1) is 0 Å². The first kappa shape index (κ1) is 9.53. The summed E-state index contributed by atoms with van der Waals surface area (Å²) in [6.45, 7) is -1.47. The highest BCUT2D eigenvalue weighted by atomic mass is 16.8. The number of rotatable bonds is 1. The number of hydrogen-bond acceptors (Lipinski definition) is 7. The van der Waals surface area contributed by atoms with Crippen molar-refractivity contribution in [2.45, 2.75) is 24.8 Å². The number of ether oxygens (including phenoxy) is 3. The topological polar surface area (TPSA) is 102 Å². The Hall–Kier alpha value is -1.02. The van der Waals surface area contributed by atoms with E-state index >= 15 is 0 Å². The summed E-state index contributed by atoms with van der Waals surface area (Å²) >= 11 is 0. The molecule has 2 N–H and O–H groups in total. The van der Waals surface area contributed by atoms with Crippen LogP contribution in [-0.4, -0.2) is 53.4 Å². The van der Waals surface area contributed by atoms with Crippen molar-refractivity contribution in [3.63, 3.8) is 0 Å². The van der Waals surface area contributed by atoms with Gasteiger partial charge in [-0.3, -0.25) is 4.79 Å². The number of aliphatic hydroxyl groups excluding tert-OH is 2. The van der Waals surface area contributed by atoms with E-state index in [1.54, 1.807) is 0 Å². The maximum Gasteiger partial charge on any atom is 0.343 e. The molecule has 2 saturated heterocycles. The summed E-state index contributed by atoms with van der Waals surface area (Å²) in [4.78, 5) is 22.0. The fraction of sp³-hybridized carbons (Fsp3) is 0.714. The molecule has 2 aliphatic rings. The second kappa shape index (κ2) is 3.28. The summed E-state index contributed by atoms with van der Waals surface area (Å²) in [7, 11) is 0. The molecule has 7 heteroatoms.